The van der Waals surface area contributed by atoms with Crippen molar-refractivity contribution in [3.8, 4) is 44.5 Å². The third-order valence-electron chi connectivity index (χ3n) is 16.8. The molecule has 330 valence electrons. The molecule has 4 aliphatic rings. The molecule has 1 nitrogen and oxygen atoms in total. The summed E-state index contributed by atoms with van der Waals surface area (Å²) in [4.78, 5) is 4.06. The predicted molar refractivity (Wildman–Crippen MR) is 290 cm³/mol. The molecule has 0 saturated heterocycles. The summed E-state index contributed by atoms with van der Waals surface area (Å²) in [7, 11) is -1.11. The molecule has 0 heterocycles. The van der Waals surface area contributed by atoms with Gasteiger partial charge in [-0.25, -0.2) is 10.0 Å². The molecule has 0 atom stereocenters. The van der Waals surface area contributed by atoms with E-state index in [4.69, 9.17) is 0 Å². The minimum Gasteiger partial charge on any atom is -0.309 e. The molecule has 9 aromatic carbocycles. The maximum atomic E-state index is 2.68. The molecule has 0 bridgehead atoms. The second kappa shape index (κ2) is 14.3. The average molecular weight is 886 g/mol. The fourth-order valence-corrected chi connectivity index (χ4v) is 14.7. The molecule has 0 aliphatic heterocycles. The third-order valence-corrected chi connectivity index (χ3v) is 18.4. The smallest absolute Gasteiger partial charge is 0.0582 e. The summed E-state index contributed by atoms with van der Waals surface area (Å²) in [6, 6.07) is 65.9. The van der Waals surface area contributed by atoms with E-state index in [2.05, 4.69) is 221 Å². The molecular weight excluding hydrogens is 827 g/mol. The molecule has 1 fully saturated rings. The van der Waals surface area contributed by atoms with Crippen LogP contribution in [0.4, 0.5) is 17.1 Å². The van der Waals surface area contributed by atoms with Crippen LogP contribution in [0.5, 0.6) is 0 Å². The van der Waals surface area contributed by atoms with Crippen LogP contribution in [0.15, 0.2) is 175 Å². The zero-order chi connectivity index (χ0) is 45.6. The molecule has 67 heavy (non-hydrogen) atoms. The van der Waals surface area contributed by atoms with Crippen molar-refractivity contribution in [3.05, 3.63) is 203 Å². The highest BCUT2D eigenvalue weighted by Gasteiger charge is 2.47. The minimum atomic E-state index is -1.11. The van der Waals surface area contributed by atoms with E-state index in [0.717, 1.165) is 0 Å². The Kier molecular flexibility index (Phi) is 8.75. The number of rotatable bonds is 5. The molecule has 0 aromatic heterocycles. The van der Waals surface area contributed by atoms with E-state index in [1.54, 1.807) is 5.56 Å². The Morgan fingerprint density at radius 3 is 1.73 bits per heavy atom. The van der Waals surface area contributed by atoms with Gasteiger partial charge in [-0.2, -0.15) is 0 Å². The van der Waals surface area contributed by atoms with Crippen molar-refractivity contribution < 1.29 is 0 Å². The van der Waals surface area contributed by atoms with Crippen molar-refractivity contribution in [2.24, 2.45) is 0 Å². The Morgan fingerprint density at radius 1 is 0.403 bits per heavy atom. The molecule has 0 N–H and O–H groups in total. The first kappa shape index (κ1) is 40.9. The van der Waals surface area contributed by atoms with Crippen molar-refractivity contribution in [1.29, 1.82) is 0 Å². The van der Waals surface area contributed by atoms with E-state index < -0.39 is 10.0 Å². The number of nitrogens with zero attached hydrogens (tertiary/aromatic N) is 1. The number of benzene rings is 9. The van der Waals surface area contributed by atoms with Gasteiger partial charge < -0.3 is 4.90 Å². The highest BCUT2D eigenvalue weighted by molar-refractivity contribution is 8.32. The Bertz CT molecular complexity index is 3540. The highest BCUT2D eigenvalue weighted by Crippen LogP contribution is 2.62. The van der Waals surface area contributed by atoms with Crippen LogP contribution in [0.2, 0.25) is 0 Å². The lowest BCUT2D eigenvalue weighted by Crippen LogP contribution is -2.28. The van der Waals surface area contributed by atoms with E-state index in [1.807, 2.05) is 0 Å². The molecule has 1 spiro atoms. The second-order valence-electron chi connectivity index (χ2n) is 21.9. The van der Waals surface area contributed by atoms with Gasteiger partial charge in [0.2, 0.25) is 0 Å². The average Bonchev–Trinajstić information content (AvgIpc) is 3.83. The number of hydrogen-bond acceptors (Lipinski definition) is 1. The van der Waals surface area contributed by atoms with E-state index in [9.17, 15) is 0 Å². The first-order chi connectivity index (χ1) is 32.4. The fourth-order valence-electron chi connectivity index (χ4n) is 13.5. The van der Waals surface area contributed by atoms with Gasteiger partial charge in [0.05, 0.1) is 5.69 Å². The fraction of sp³-hybridized carbons (Fsp3) is 0.231. The molecule has 9 aromatic rings. The number of fused-ring (bicyclic) bond motifs is 15. The Labute approximate surface area is 398 Å². The van der Waals surface area contributed by atoms with Gasteiger partial charge in [0.15, 0.2) is 0 Å². The summed E-state index contributed by atoms with van der Waals surface area (Å²) >= 11 is 0. The largest absolute Gasteiger partial charge is 0.309 e. The van der Waals surface area contributed by atoms with Gasteiger partial charge in [-0.05, 0) is 186 Å². The van der Waals surface area contributed by atoms with E-state index in [0.29, 0.717) is 0 Å². The van der Waals surface area contributed by atoms with Crippen LogP contribution in [0.3, 0.4) is 0 Å². The lowest BCUT2D eigenvalue weighted by atomic mass is 9.67. The van der Waals surface area contributed by atoms with Crippen molar-refractivity contribution in [2.45, 2.75) is 80.9 Å². The van der Waals surface area contributed by atoms with Gasteiger partial charge in [-0.15, -0.1) is 0 Å². The maximum absolute atomic E-state index is 2.68. The Hall–Kier alpha value is -6.35. The van der Waals surface area contributed by atoms with Crippen LogP contribution in [-0.2, 0) is 16.2 Å². The molecule has 2 heteroatoms. The zero-order valence-corrected chi connectivity index (χ0v) is 40.9. The van der Waals surface area contributed by atoms with E-state index >= 15 is 0 Å². The van der Waals surface area contributed by atoms with Gasteiger partial charge in [-0.1, -0.05) is 162 Å². The van der Waals surface area contributed by atoms with E-state index in [1.165, 1.54) is 148 Å². The molecule has 13 rings (SSSR count). The number of hydrogen-bond donors (Lipinski definition) is 0. The molecule has 1 saturated carbocycles. The van der Waals surface area contributed by atoms with E-state index in [-0.39, 0.29) is 16.2 Å². The quantitative estimate of drug-likeness (QED) is 0.166. The first-order valence-electron chi connectivity index (χ1n) is 24.6. The predicted octanol–water partition coefficient (Wildman–Crippen LogP) is 18.0. The maximum Gasteiger partial charge on any atom is 0.0582 e. The summed E-state index contributed by atoms with van der Waals surface area (Å²) in [6.07, 6.45) is 13.5. The first-order valence-corrected chi connectivity index (χ1v) is 27.4. The summed E-state index contributed by atoms with van der Waals surface area (Å²) in [5.41, 5.74) is 23.3. The highest BCUT2D eigenvalue weighted by atomic mass is 32.3. The van der Waals surface area contributed by atoms with Gasteiger partial charge in [0, 0.05) is 32.5 Å². The van der Waals surface area contributed by atoms with Crippen LogP contribution in [0, 0.1) is 0 Å². The van der Waals surface area contributed by atoms with Crippen LogP contribution in [-0.4, -0.2) is 18.8 Å². The second-order valence-corrected chi connectivity index (χ2v) is 26.0. The summed E-state index contributed by atoms with van der Waals surface area (Å²) in [6.45, 7) is 9.79. The third kappa shape index (κ3) is 5.75. The number of para-hydroxylation sites is 1. The van der Waals surface area contributed by atoms with Crippen LogP contribution >= 0.6 is 10.0 Å². The van der Waals surface area contributed by atoms with Crippen molar-refractivity contribution >= 4 is 48.6 Å². The number of anilines is 3. The Morgan fingerprint density at radius 2 is 0.970 bits per heavy atom. The summed E-state index contributed by atoms with van der Waals surface area (Å²) < 4.78 is 0. The Balaban J connectivity index is 1.01. The summed E-state index contributed by atoms with van der Waals surface area (Å²) in [5.74, 6) is 0. The van der Waals surface area contributed by atoms with Gasteiger partial charge in [-0.3, -0.25) is 0 Å². The van der Waals surface area contributed by atoms with Crippen LogP contribution in [0.1, 0.15) is 93.2 Å². The van der Waals surface area contributed by atoms with Crippen LogP contribution < -0.4 is 4.90 Å². The monoisotopic (exact) mass is 885 g/mol. The molecule has 0 unspecified atom stereocenters. The lowest BCUT2D eigenvalue weighted by Gasteiger charge is -2.38. The van der Waals surface area contributed by atoms with Gasteiger partial charge >= 0.3 is 0 Å². The van der Waals surface area contributed by atoms with Gasteiger partial charge in [0.25, 0.3) is 0 Å². The minimum absolute atomic E-state index is 0.0228. The zero-order valence-electron chi connectivity index (χ0n) is 40.1. The normalized spacial score (nSPS) is 16.9. The molecule has 0 amide bonds. The molecule has 0 radical (unpaired) electrons. The summed E-state index contributed by atoms with van der Waals surface area (Å²) in [5, 5.41) is 5.35. The van der Waals surface area contributed by atoms with Crippen LogP contribution in [0.25, 0.3) is 66.1 Å². The molecular formula is C65H59NS. The van der Waals surface area contributed by atoms with Crippen molar-refractivity contribution in [3.63, 3.8) is 0 Å². The topological polar surface area (TPSA) is 3.24 Å². The molecule has 4 aliphatic carbocycles. The van der Waals surface area contributed by atoms with Gasteiger partial charge in [0.1, 0.15) is 0 Å². The standard InChI is InChI=1S/C65H59NS/c1-63(2)53-33-28-42-22-12-13-23-45(42)61(53)52-40-57-51(39-55(52)63)47-31-29-44(37-56(47)65(57)34-18-9-19-35-65)66(59-26-16-17-27-60(59)67(5,6)7)43-30-32-49-54(36-43)64(3,4)58-38-50(41-20-10-8-11-21-41)46-24-14-15-25-48(46)62(49)58/h8,10-17,20-33,36-40H,9,18-19,34-35H2,1-7H3. The van der Waals surface area contributed by atoms with Crippen molar-refractivity contribution in [2.75, 3.05) is 23.7 Å². The van der Waals surface area contributed by atoms with Crippen molar-refractivity contribution in [1.82, 2.24) is 0 Å². The lowest BCUT2D eigenvalue weighted by molar-refractivity contribution is 0.353. The SMILES string of the molecule is CC1(C)c2cc3c(cc2-c2c1ccc1ccccc21)C1(CCCCC1)c1cc(N(c2ccc4c(c2)C(C)(C)c2cc(-c5ccccc5)c5ccccc5c2-4)c2ccccc2S(C)(C)C)ccc1-3.